The van der Waals surface area contributed by atoms with Gasteiger partial charge in [0.15, 0.2) is 5.60 Å². The number of rotatable bonds is 5. The summed E-state index contributed by atoms with van der Waals surface area (Å²) in [6, 6.07) is 7.75. The van der Waals surface area contributed by atoms with E-state index in [1.54, 1.807) is 18.2 Å². The molecule has 29 heavy (non-hydrogen) atoms. The van der Waals surface area contributed by atoms with E-state index in [-0.39, 0.29) is 24.3 Å². The molecule has 0 saturated carbocycles. The van der Waals surface area contributed by atoms with Crippen molar-refractivity contribution in [1.82, 2.24) is 4.72 Å². The lowest BCUT2D eigenvalue weighted by atomic mass is 9.95. The lowest BCUT2D eigenvalue weighted by Crippen LogP contribution is -2.42. The van der Waals surface area contributed by atoms with Crippen LogP contribution in [0, 0.1) is 0 Å². The van der Waals surface area contributed by atoms with Gasteiger partial charge in [0, 0.05) is 0 Å². The van der Waals surface area contributed by atoms with Crippen LogP contribution in [0.5, 0.6) is 5.75 Å². The lowest BCUT2D eigenvalue weighted by Gasteiger charge is -2.26. The van der Waals surface area contributed by atoms with Gasteiger partial charge in [-0.2, -0.15) is 21.6 Å². The summed E-state index contributed by atoms with van der Waals surface area (Å²) in [7, 11) is -4.09. The van der Waals surface area contributed by atoms with E-state index >= 15 is 0 Å². The van der Waals surface area contributed by atoms with Gasteiger partial charge in [-0.15, -0.1) is 0 Å². The zero-order chi connectivity index (χ0) is 21.6. The van der Waals surface area contributed by atoms with Crippen LogP contribution in [0.1, 0.15) is 25.3 Å². The van der Waals surface area contributed by atoms with E-state index < -0.39 is 34.3 Å². The third kappa shape index (κ3) is 4.20. The number of aromatic hydroxyl groups is 1. The van der Waals surface area contributed by atoms with Crippen molar-refractivity contribution in [2.24, 2.45) is 0 Å². The summed E-state index contributed by atoms with van der Waals surface area (Å²) < 4.78 is 64.8. The van der Waals surface area contributed by atoms with Crippen molar-refractivity contribution >= 4 is 26.7 Å². The number of nitrogens with one attached hydrogen (secondary N) is 1. The van der Waals surface area contributed by atoms with Crippen molar-refractivity contribution in [1.29, 1.82) is 0 Å². The lowest BCUT2D eigenvalue weighted by molar-refractivity contribution is -0.255. The molecule has 2 aromatic rings. The van der Waals surface area contributed by atoms with Gasteiger partial charge in [0.25, 0.3) is 0 Å². The van der Waals surface area contributed by atoms with Crippen LogP contribution in [-0.4, -0.2) is 35.5 Å². The predicted molar refractivity (Wildman–Crippen MR) is 100 cm³/mol. The first kappa shape index (κ1) is 21.1. The number of halogens is 3. The first-order valence-electron chi connectivity index (χ1n) is 8.58. The van der Waals surface area contributed by atoms with Gasteiger partial charge in [0.2, 0.25) is 5.88 Å². The van der Waals surface area contributed by atoms with Crippen molar-refractivity contribution < 1.29 is 36.9 Å². The Morgan fingerprint density at radius 1 is 1.10 bits per heavy atom. The predicted octanol–water partition coefficient (Wildman–Crippen LogP) is 3.19. The van der Waals surface area contributed by atoms with Crippen molar-refractivity contribution in [3.63, 3.8) is 0 Å². The van der Waals surface area contributed by atoms with Crippen LogP contribution in [0.3, 0.4) is 0 Å². The van der Waals surface area contributed by atoms with Crippen LogP contribution in [0.4, 0.5) is 18.9 Å². The summed E-state index contributed by atoms with van der Waals surface area (Å²) in [4.78, 5) is 0. The topological polar surface area (TPSA) is 110 Å². The molecule has 4 N–H and O–H groups in total. The van der Waals surface area contributed by atoms with Gasteiger partial charge >= 0.3 is 16.4 Å². The Balaban J connectivity index is 1.85. The van der Waals surface area contributed by atoms with E-state index in [1.165, 1.54) is 12.1 Å². The molecule has 7 nitrogen and oxygen atoms in total. The Morgan fingerprint density at radius 2 is 1.79 bits per heavy atom. The van der Waals surface area contributed by atoms with Crippen LogP contribution in [0.25, 0.3) is 10.8 Å². The fraction of sp³-hybridized carbons (Fsp3) is 0.333. The average molecular weight is 432 g/mol. The molecule has 1 aliphatic heterocycles. The molecule has 11 heteroatoms. The van der Waals surface area contributed by atoms with Gasteiger partial charge in [-0.1, -0.05) is 18.2 Å². The van der Waals surface area contributed by atoms with Gasteiger partial charge in [0.05, 0.1) is 6.20 Å². The Bertz CT molecular complexity index is 1080. The zero-order valence-electron chi connectivity index (χ0n) is 15.2. The number of benzene rings is 2. The van der Waals surface area contributed by atoms with Crippen LogP contribution in [-0.2, 0) is 16.6 Å². The number of aryl methyl sites for hydroxylation is 1. The molecule has 0 amide bonds. The molecule has 1 unspecified atom stereocenters. The van der Waals surface area contributed by atoms with Crippen LogP contribution in [0.15, 0.2) is 42.4 Å². The van der Waals surface area contributed by atoms with Crippen LogP contribution < -0.4 is 9.03 Å². The molecule has 0 saturated heterocycles. The second kappa shape index (κ2) is 6.99. The van der Waals surface area contributed by atoms with E-state index in [0.717, 1.165) is 13.1 Å². The highest BCUT2D eigenvalue weighted by Crippen LogP contribution is 2.37. The number of nitrogens with zero attached hydrogens (tertiary/aromatic N) is 1. The van der Waals surface area contributed by atoms with Crippen LogP contribution >= 0.6 is 0 Å². The van der Waals surface area contributed by atoms with Crippen molar-refractivity contribution in [2.45, 2.75) is 38.0 Å². The van der Waals surface area contributed by atoms with E-state index in [9.17, 15) is 36.9 Å². The highest BCUT2D eigenvalue weighted by molar-refractivity contribution is 7.91. The largest absolute Gasteiger partial charge is 0.506 e. The second-order valence-electron chi connectivity index (χ2n) is 7.06. The molecular weight excluding hydrogens is 413 g/mol. The van der Waals surface area contributed by atoms with E-state index in [2.05, 4.69) is 0 Å². The second-order valence-corrected chi connectivity index (χ2v) is 8.61. The van der Waals surface area contributed by atoms with Gasteiger partial charge in [-0.05, 0) is 54.7 Å². The number of aliphatic hydroxyl groups excluding tert-OH is 1. The van der Waals surface area contributed by atoms with Crippen molar-refractivity contribution in [3.05, 3.63) is 48.0 Å². The normalized spacial score (nSPS) is 18.4. The molecule has 2 aromatic carbocycles. The van der Waals surface area contributed by atoms with E-state index in [4.69, 9.17) is 0 Å². The monoisotopic (exact) mass is 432 g/mol. The maximum atomic E-state index is 12.7. The van der Waals surface area contributed by atoms with Gasteiger partial charge in [0.1, 0.15) is 11.4 Å². The van der Waals surface area contributed by atoms with Gasteiger partial charge in [-0.3, -0.25) is 0 Å². The van der Waals surface area contributed by atoms with Gasteiger partial charge in [-0.25, -0.2) is 9.03 Å². The fourth-order valence-electron chi connectivity index (χ4n) is 3.02. The molecule has 0 bridgehead atoms. The molecule has 1 aliphatic rings. The third-order valence-electron chi connectivity index (χ3n) is 4.71. The number of anilines is 1. The smallest absolute Gasteiger partial charge is 0.416 e. The first-order chi connectivity index (χ1) is 13.3. The Kier molecular flexibility index (Phi) is 5.08. The van der Waals surface area contributed by atoms with E-state index in [0.29, 0.717) is 20.6 Å². The van der Waals surface area contributed by atoms with E-state index in [1.807, 2.05) is 4.72 Å². The minimum absolute atomic E-state index is 0.0873. The third-order valence-corrected chi connectivity index (χ3v) is 5.99. The van der Waals surface area contributed by atoms with Gasteiger partial charge < -0.3 is 15.3 Å². The van der Waals surface area contributed by atoms with Crippen molar-refractivity contribution in [2.75, 3.05) is 4.31 Å². The Labute approximate surface area is 164 Å². The maximum Gasteiger partial charge on any atom is 0.416 e. The Morgan fingerprint density at radius 3 is 2.38 bits per heavy atom. The minimum Gasteiger partial charge on any atom is -0.506 e. The molecule has 1 heterocycles. The fourth-order valence-corrected chi connectivity index (χ4v) is 4.08. The zero-order valence-corrected chi connectivity index (χ0v) is 16.0. The Hall–Kier alpha value is -2.66. The first-order valence-corrected chi connectivity index (χ1v) is 10.0. The average Bonchev–Trinajstić information content (AvgIpc) is 2.85. The summed E-state index contributed by atoms with van der Waals surface area (Å²) in [6.07, 6.45) is -3.92. The highest BCUT2D eigenvalue weighted by atomic mass is 32.2. The summed E-state index contributed by atoms with van der Waals surface area (Å²) in [5.74, 6) is -0.933. The minimum atomic E-state index is -4.71. The SMILES string of the molecule is CC(O)(CCCc1ccc2cc(O)c(N3C=C(O)NS3(=O)=O)cc2c1)C(F)(F)F. The molecule has 0 radical (unpaired) electrons. The standard InChI is InChI=1S/C18H19F3N2O5S/c1-17(26,18(19,20)21)6-2-3-11-4-5-12-9-15(24)14(8-13(12)7-11)23-10-16(25)22-29(23,27)28/h4-5,7-10,22,24-26H,2-3,6H2,1H3. The summed E-state index contributed by atoms with van der Waals surface area (Å²) in [6.45, 7) is 0.732. The molecule has 0 aromatic heterocycles. The summed E-state index contributed by atoms with van der Waals surface area (Å²) in [5, 5.41) is 30.3. The quantitative estimate of drug-likeness (QED) is 0.580. The highest BCUT2D eigenvalue weighted by Gasteiger charge is 2.49. The molecular formula is C18H19F3N2O5S. The number of phenolic OH excluding ortho intramolecular Hbond substituents is 1. The number of fused-ring (bicyclic) bond motifs is 1. The van der Waals surface area contributed by atoms with Crippen LogP contribution in [0.2, 0.25) is 0 Å². The number of alkyl halides is 3. The number of phenols is 1. The summed E-state index contributed by atoms with van der Waals surface area (Å²) in [5.41, 5.74) is -2.17. The molecule has 158 valence electrons. The molecule has 0 spiro atoms. The maximum absolute atomic E-state index is 12.7. The number of aliphatic hydroxyl groups is 2. The molecule has 1 atom stereocenters. The molecule has 0 aliphatic carbocycles. The molecule has 3 rings (SSSR count). The van der Waals surface area contributed by atoms with Crippen molar-refractivity contribution in [3.8, 4) is 5.75 Å². The number of hydrogen-bond donors (Lipinski definition) is 4. The molecule has 0 fully saturated rings. The number of hydrogen-bond acceptors (Lipinski definition) is 5. The summed E-state index contributed by atoms with van der Waals surface area (Å²) >= 11 is 0.